The molecule has 0 amide bonds. The van der Waals surface area contributed by atoms with Gasteiger partial charge in [0.2, 0.25) is 5.69 Å². The zero-order valence-electron chi connectivity index (χ0n) is 21.8. The van der Waals surface area contributed by atoms with Crippen LogP contribution in [0.2, 0.25) is 0 Å². The normalized spacial score (nSPS) is 11.9. The molecule has 3 heterocycles. The Morgan fingerprint density at radius 2 is 1.15 bits per heavy atom. The van der Waals surface area contributed by atoms with Crippen LogP contribution in [0, 0.1) is 6.57 Å². The Kier molecular flexibility index (Phi) is 4.74. The first-order valence-corrected chi connectivity index (χ1v) is 15.2. The lowest BCUT2D eigenvalue weighted by Crippen LogP contribution is -1.93. The summed E-state index contributed by atoms with van der Waals surface area (Å²) >= 11 is 3.60. The summed E-state index contributed by atoms with van der Waals surface area (Å²) in [5.74, 6) is 0. The van der Waals surface area contributed by atoms with Gasteiger partial charge in [0.25, 0.3) is 0 Å². The average molecular weight is 557 g/mol. The summed E-state index contributed by atoms with van der Waals surface area (Å²) in [5, 5.41) is 7.46. The van der Waals surface area contributed by atoms with E-state index in [2.05, 4.69) is 125 Å². The Morgan fingerprint density at radius 3 is 1.93 bits per heavy atom. The van der Waals surface area contributed by atoms with E-state index in [1.807, 2.05) is 17.4 Å². The number of thiophene rings is 2. The third-order valence-electron chi connectivity index (χ3n) is 8.24. The van der Waals surface area contributed by atoms with E-state index in [4.69, 9.17) is 6.57 Å². The van der Waals surface area contributed by atoms with Gasteiger partial charge < -0.3 is 4.57 Å². The second-order valence-electron chi connectivity index (χ2n) is 10.4. The van der Waals surface area contributed by atoms with Gasteiger partial charge in [0.15, 0.2) is 0 Å². The van der Waals surface area contributed by atoms with Gasteiger partial charge in [0, 0.05) is 46.6 Å². The van der Waals surface area contributed by atoms with Gasteiger partial charge in [0.1, 0.15) is 0 Å². The fraction of sp³-hybridized carbons (Fsp3) is 0. The lowest BCUT2D eigenvalue weighted by molar-refractivity contribution is 1.20. The summed E-state index contributed by atoms with van der Waals surface area (Å²) in [6, 6.07) is 43.4. The lowest BCUT2D eigenvalue weighted by atomic mass is 9.97. The second-order valence-corrected chi connectivity index (χ2v) is 12.4. The smallest absolute Gasteiger partial charge is 0.204 e. The van der Waals surface area contributed by atoms with E-state index >= 15 is 0 Å². The first-order valence-electron chi connectivity index (χ1n) is 13.6. The molecule has 41 heavy (non-hydrogen) atoms. The molecule has 0 aliphatic heterocycles. The molecule has 3 aromatic heterocycles. The van der Waals surface area contributed by atoms with E-state index < -0.39 is 0 Å². The van der Waals surface area contributed by atoms with Crippen molar-refractivity contribution in [3.05, 3.63) is 133 Å². The Labute approximate surface area is 243 Å². The molecule has 190 valence electrons. The molecule has 2 nitrogen and oxygen atoms in total. The Hall–Kier alpha value is -4.95. The number of fused-ring (bicyclic) bond motifs is 9. The van der Waals surface area contributed by atoms with Crippen molar-refractivity contribution < 1.29 is 0 Å². The summed E-state index contributed by atoms with van der Waals surface area (Å²) < 4.78 is 7.25. The van der Waals surface area contributed by atoms with Gasteiger partial charge in [-0.15, -0.1) is 22.7 Å². The van der Waals surface area contributed by atoms with Crippen molar-refractivity contribution in [3.63, 3.8) is 0 Å². The van der Waals surface area contributed by atoms with Crippen LogP contribution in [0.3, 0.4) is 0 Å². The number of para-hydroxylation sites is 2. The van der Waals surface area contributed by atoms with Crippen molar-refractivity contribution in [2.75, 3.05) is 0 Å². The Bertz CT molecular complexity index is 2500. The van der Waals surface area contributed by atoms with Crippen LogP contribution >= 0.6 is 22.7 Å². The third-order valence-corrected chi connectivity index (χ3v) is 10.7. The number of hydrogen-bond donors (Lipinski definition) is 0. The summed E-state index contributed by atoms with van der Waals surface area (Å²) in [4.78, 5) is 3.97. The molecule has 0 unspecified atom stereocenters. The summed E-state index contributed by atoms with van der Waals surface area (Å²) in [5.41, 5.74) is 6.67. The zero-order valence-corrected chi connectivity index (χ0v) is 23.4. The maximum Gasteiger partial charge on any atom is 0.204 e. The Balaban J connectivity index is 1.42. The van der Waals surface area contributed by atoms with Crippen molar-refractivity contribution in [1.82, 2.24) is 4.57 Å². The molecular weight excluding hydrogens is 537 g/mol. The number of nitrogens with zero attached hydrogens (tertiary/aromatic N) is 2. The predicted molar refractivity (Wildman–Crippen MR) is 178 cm³/mol. The van der Waals surface area contributed by atoms with Crippen LogP contribution in [0.15, 0.2) is 121 Å². The number of aromatic nitrogens is 1. The van der Waals surface area contributed by atoms with Gasteiger partial charge in [-0.05, 0) is 35.2 Å². The van der Waals surface area contributed by atoms with Gasteiger partial charge in [0.05, 0.1) is 28.0 Å². The van der Waals surface area contributed by atoms with Crippen molar-refractivity contribution in [2.24, 2.45) is 0 Å². The van der Waals surface area contributed by atoms with E-state index in [1.165, 1.54) is 68.6 Å². The maximum atomic E-state index is 8.02. The second kappa shape index (κ2) is 8.52. The maximum absolute atomic E-state index is 8.02. The van der Waals surface area contributed by atoms with Crippen LogP contribution < -0.4 is 0 Å². The standard InChI is InChI=1S/C37H20N2S2/c1-38-29-21-20-25(27-14-8-13-26-24-12-4-7-19-33(24)40-35(26)27)34-28-15-9-18-32(36(28)41-37(29)34)39-30-16-5-2-10-22(30)23-11-3-6-17-31(23)39/h2-21H. The first-order chi connectivity index (χ1) is 20.3. The minimum atomic E-state index is 0.710. The van der Waals surface area contributed by atoms with E-state index in [0.29, 0.717) is 5.69 Å². The molecular formula is C37H20N2S2. The third kappa shape index (κ3) is 3.10. The fourth-order valence-corrected chi connectivity index (χ4v) is 9.02. The quantitative estimate of drug-likeness (QED) is 0.187. The monoisotopic (exact) mass is 556 g/mol. The predicted octanol–water partition coefficient (Wildman–Crippen LogP) is 11.7. The van der Waals surface area contributed by atoms with Crippen molar-refractivity contribution in [2.45, 2.75) is 0 Å². The molecule has 0 aliphatic carbocycles. The van der Waals surface area contributed by atoms with Gasteiger partial charge in [-0.25, -0.2) is 4.85 Å². The molecule has 0 aliphatic rings. The molecule has 0 spiro atoms. The van der Waals surface area contributed by atoms with Crippen LogP contribution in [0.1, 0.15) is 0 Å². The lowest BCUT2D eigenvalue weighted by Gasteiger charge is -2.10. The van der Waals surface area contributed by atoms with Crippen LogP contribution in [0.25, 0.3) is 83.8 Å². The van der Waals surface area contributed by atoms with Crippen LogP contribution in [0.5, 0.6) is 0 Å². The minimum absolute atomic E-state index is 0.710. The highest BCUT2D eigenvalue weighted by atomic mass is 32.1. The number of benzene rings is 6. The van der Waals surface area contributed by atoms with Crippen LogP contribution in [0.4, 0.5) is 5.69 Å². The molecule has 0 saturated carbocycles. The van der Waals surface area contributed by atoms with Gasteiger partial charge >= 0.3 is 0 Å². The first kappa shape index (κ1) is 22.8. The highest BCUT2D eigenvalue weighted by Gasteiger charge is 2.21. The van der Waals surface area contributed by atoms with E-state index in [9.17, 15) is 0 Å². The summed E-state index contributed by atoms with van der Waals surface area (Å²) in [6.45, 7) is 8.02. The largest absolute Gasteiger partial charge is 0.308 e. The fourth-order valence-electron chi connectivity index (χ4n) is 6.50. The molecule has 0 atom stereocenters. The molecule has 6 aromatic carbocycles. The van der Waals surface area contributed by atoms with Gasteiger partial charge in [-0.1, -0.05) is 97.1 Å². The molecule has 0 bridgehead atoms. The van der Waals surface area contributed by atoms with Crippen LogP contribution in [-0.2, 0) is 0 Å². The highest BCUT2D eigenvalue weighted by molar-refractivity contribution is 7.27. The molecule has 0 radical (unpaired) electrons. The summed E-state index contributed by atoms with van der Waals surface area (Å²) in [6.07, 6.45) is 0. The van der Waals surface area contributed by atoms with Crippen molar-refractivity contribution in [3.8, 4) is 16.8 Å². The molecule has 9 aromatic rings. The number of hydrogen-bond acceptors (Lipinski definition) is 2. The SMILES string of the molecule is [C-]#[N+]c1ccc(-c2cccc3c2sc2ccccc23)c2c1sc1c(-n3c4ccccc4c4ccccc43)cccc12. The molecule has 9 rings (SSSR count). The topological polar surface area (TPSA) is 9.29 Å². The zero-order chi connectivity index (χ0) is 27.1. The molecule has 4 heteroatoms. The van der Waals surface area contributed by atoms with Crippen LogP contribution in [-0.4, -0.2) is 4.57 Å². The molecule has 0 N–H and O–H groups in total. The van der Waals surface area contributed by atoms with E-state index in [1.54, 1.807) is 11.3 Å². The summed E-state index contributed by atoms with van der Waals surface area (Å²) in [7, 11) is 0. The van der Waals surface area contributed by atoms with E-state index in [0.717, 1.165) is 10.4 Å². The molecule has 0 saturated heterocycles. The number of rotatable bonds is 2. The van der Waals surface area contributed by atoms with Gasteiger partial charge in [-0.3, -0.25) is 0 Å². The van der Waals surface area contributed by atoms with E-state index in [-0.39, 0.29) is 0 Å². The van der Waals surface area contributed by atoms with Crippen molar-refractivity contribution >= 4 is 90.5 Å². The highest BCUT2D eigenvalue weighted by Crippen LogP contribution is 2.49. The molecule has 0 fully saturated rings. The Morgan fingerprint density at radius 1 is 0.488 bits per heavy atom. The van der Waals surface area contributed by atoms with Crippen molar-refractivity contribution in [1.29, 1.82) is 0 Å². The van der Waals surface area contributed by atoms with Gasteiger partial charge in [-0.2, -0.15) is 0 Å². The average Bonchev–Trinajstić information content (AvgIpc) is 3.71. The minimum Gasteiger partial charge on any atom is -0.308 e.